The summed E-state index contributed by atoms with van der Waals surface area (Å²) in [6.45, 7) is 0. The molecule has 1 heterocycles. The van der Waals surface area contributed by atoms with Gasteiger partial charge < -0.3 is 15.3 Å². The Morgan fingerprint density at radius 2 is 1.84 bits per heavy atom. The predicted molar refractivity (Wildman–Crippen MR) is 99.7 cm³/mol. The lowest BCUT2D eigenvalue weighted by Gasteiger charge is -2.28. The van der Waals surface area contributed by atoms with Crippen LogP contribution in [-0.4, -0.2) is 42.2 Å². The molecule has 0 spiro atoms. The smallest absolute Gasteiger partial charge is 0.253 e. The van der Waals surface area contributed by atoms with Crippen molar-refractivity contribution in [1.29, 1.82) is 0 Å². The maximum atomic E-state index is 12.5. The van der Waals surface area contributed by atoms with Crippen LogP contribution < -0.4 is 10.2 Å². The van der Waals surface area contributed by atoms with E-state index in [1.807, 2.05) is 49.3 Å². The number of rotatable bonds is 4. The molecule has 2 atom stereocenters. The Hall–Kier alpha value is -2.40. The molecule has 2 unspecified atom stereocenters. The molecule has 1 aromatic carbocycles. The second-order valence-corrected chi connectivity index (χ2v) is 6.84. The van der Waals surface area contributed by atoms with Crippen LogP contribution in [0.3, 0.4) is 0 Å². The van der Waals surface area contributed by atoms with Crippen LogP contribution in [-0.2, 0) is 0 Å². The molecular weight excluding hydrogens is 314 g/mol. The van der Waals surface area contributed by atoms with Crippen molar-refractivity contribution in [3.63, 3.8) is 0 Å². The minimum absolute atomic E-state index is 0.163. The number of nitrogens with zero attached hydrogens (tertiary/aromatic N) is 2. The summed E-state index contributed by atoms with van der Waals surface area (Å²) in [5.74, 6) is -0.176. The summed E-state index contributed by atoms with van der Waals surface area (Å²) in [5, 5.41) is 13.0. The third kappa shape index (κ3) is 4.17. The van der Waals surface area contributed by atoms with Gasteiger partial charge in [-0.3, -0.25) is 9.78 Å². The quantitative estimate of drug-likeness (QED) is 0.899. The lowest BCUT2D eigenvalue weighted by molar-refractivity contribution is 0.0717. The van der Waals surface area contributed by atoms with E-state index in [-0.39, 0.29) is 11.9 Å². The molecule has 0 saturated heterocycles. The van der Waals surface area contributed by atoms with E-state index in [0.29, 0.717) is 5.56 Å². The number of amides is 1. The van der Waals surface area contributed by atoms with E-state index in [2.05, 4.69) is 10.3 Å². The largest absolute Gasteiger partial charge is 0.391 e. The number of aromatic nitrogens is 1. The van der Waals surface area contributed by atoms with Crippen molar-refractivity contribution in [3.8, 4) is 11.1 Å². The third-order valence-corrected chi connectivity index (χ3v) is 4.76. The molecule has 1 saturated carbocycles. The lowest BCUT2D eigenvalue weighted by Crippen LogP contribution is -2.45. The molecule has 5 nitrogen and oxygen atoms in total. The van der Waals surface area contributed by atoms with Gasteiger partial charge in [-0.25, -0.2) is 0 Å². The third-order valence-electron chi connectivity index (χ3n) is 4.76. The molecule has 0 bridgehead atoms. The van der Waals surface area contributed by atoms with Crippen molar-refractivity contribution in [2.24, 2.45) is 0 Å². The molecule has 3 rings (SSSR count). The first-order chi connectivity index (χ1) is 12.0. The fraction of sp³-hybridized carbons (Fsp3) is 0.400. The zero-order chi connectivity index (χ0) is 17.8. The Kier molecular flexibility index (Phi) is 5.34. The molecule has 1 aromatic heterocycles. The lowest BCUT2D eigenvalue weighted by atomic mass is 9.92. The summed E-state index contributed by atoms with van der Waals surface area (Å²) in [7, 11) is 4.00. The molecule has 0 radical (unpaired) electrons. The molecule has 2 aromatic rings. The van der Waals surface area contributed by atoms with E-state index in [0.717, 1.165) is 42.5 Å². The van der Waals surface area contributed by atoms with Crippen LogP contribution in [0.15, 0.2) is 42.7 Å². The van der Waals surface area contributed by atoms with Crippen LogP contribution in [0.4, 0.5) is 5.69 Å². The number of carbonyl (C=O) groups is 1. The average molecular weight is 339 g/mol. The maximum Gasteiger partial charge on any atom is 0.253 e. The SMILES string of the molecule is CN(C)c1ccc(-c2cncc(C(=O)NC3CCCCC3O)c2)cc1. The molecule has 1 fully saturated rings. The topological polar surface area (TPSA) is 65.5 Å². The molecule has 2 N–H and O–H groups in total. The highest BCUT2D eigenvalue weighted by Gasteiger charge is 2.25. The molecule has 132 valence electrons. The van der Waals surface area contributed by atoms with Crippen molar-refractivity contribution in [2.45, 2.75) is 37.8 Å². The Morgan fingerprint density at radius 1 is 1.12 bits per heavy atom. The number of pyridine rings is 1. The van der Waals surface area contributed by atoms with E-state index in [9.17, 15) is 9.90 Å². The molecule has 0 aliphatic heterocycles. The minimum atomic E-state index is -0.451. The Labute approximate surface area is 148 Å². The van der Waals surface area contributed by atoms with E-state index in [1.165, 1.54) is 0 Å². The Morgan fingerprint density at radius 3 is 2.52 bits per heavy atom. The van der Waals surface area contributed by atoms with Gasteiger partial charge in [-0.15, -0.1) is 0 Å². The van der Waals surface area contributed by atoms with Crippen LogP contribution in [0.25, 0.3) is 11.1 Å². The van der Waals surface area contributed by atoms with Crippen LogP contribution >= 0.6 is 0 Å². The summed E-state index contributed by atoms with van der Waals surface area (Å²) < 4.78 is 0. The Bertz CT molecular complexity index is 728. The number of hydrogen-bond acceptors (Lipinski definition) is 4. The van der Waals surface area contributed by atoms with E-state index in [4.69, 9.17) is 0 Å². The number of anilines is 1. The summed E-state index contributed by atoms with van der Waals surface area (Å²) >= 11 is 0. The molecule has 5 heteroatoms. The van der Waals surface area contributed by atoms with Crippen molar-refractivity contribution < 1.29 is 9.90 Å². The van der Waals surface area contributed by atoms with Crippen molar-refractivity contribution in [1.82, 2.24) is 10.3 Å². The van der Waals surface area contributed by atoms with Crippen molar-refractivity contribution >= 4 is 11.6 Å². The molecule has 25 heavy (non-hydrogen) atoms. The van der Waals surface area contributed by atoms with Crippen LogP contribution in [0.5, 0.6) is 0 Å². The van der Waals surface area contributed by atoms with Gasteiger partial charge in [-0.05, 0) is 36.6 Å². The maximum absolute atomic E-state index is 12.5. The standard InChI is InChI=1S/C20H25N3O2/c1-23(2)17-9-7-14(8-10-17)15-11-16(13-21-12-15)20(25)22-18-5-3-4-6-19(18)24/h7-13,18-19,24H,3-6H2,1-2H3,(H,22,25). The van der Waals surface area contributed by atoms with E-state index >= 15 is 0 Å². The van der Waals surface area contributed by atoms with Gasteiger partial charge in [-0.1, -0.05) is 25.0 Å². The first kappa shape index (κ1) is 17.4. The molecular formula is C20H25N3O2. The zero-order valence-corrected chi connectivity index (χ0v) is 14.8. The first-order valence-corrected chi connectivity index (χ1v) is 8.76. The molecule has 1 aliphatic carbocycles. The van der Waals surface area contributed by atoms with Gasteiger partial charge in [0.25, 0.3) is 5.91 Å². The predicted octanol–water partition coefficient (Wildman–Crippen LogP) is 2.85. The molecule has 1 aliphatic rings. The Balaban J connectivity index is 1.75. The second-order valence-electron chi connectivity index (χ2n) is 6.84. The highest BCUT2D eigenvalue weighted by Crippen LogP contribution is 2.23. The van der Waals surface area contributed by atoms with E-state index < -0.39 is 6.10 Å². The van der Waals surface area contributed by atoms with Crippen molar-refractivity contribution in [2.75, 3.05) is 19.0 Å². The fourth-order valence-corrected chi connectivity index (χ4v) is 3.21. The van der Waals surface area contributed by atoms with Gasteiger partial charge in [0.2, 0.25) is 0 Å². The normalized spacial score (nSPS) is 20.1. The van der Waals surface area contributed by atoms with Gasteiger partial charge >= 0.3 is 0 Å². The van der Waals surface area contributed by atoms with Gasteiger partial charge in [0.1, 0.15) is 0 Å². The monoisotopic (exact) mass is 339 g/mol. The highest BCUT2D eigenvalue weighted by atomic mass is 16.3. The number of benzene rings is 1. The highest BCUT2D eigenvalue weighted by molar-refractivity contribution is 5.95. The summed E-state index contributed by atoms with van der Waals surface area (Å²) in [5.41, 5.74) is 3.57. The van der Waals surface area contributed by atoms with Gasteiger partial charge in [0, 0.05) is 37.7 Å². The minimum Gasteiger partial charge on any atom is -0.391 e. The average Bonchev–Trinajstić information content (AvgIpc) is 2.64. The van der Waals surface area contributed by atoms with Gasteiger partial charge in [-0.2, -0.15) is 0 Å². The van der Waals surface area contributed by atoms with Crippen LogP contribution in [0, 0.1) is 0 Å². The first-order valence-electron chi connectivity index (χ1n) is 8.76. The number of hydrogen-bond donors (Lipinski definition) is 2. The number of aliphatic hydroxyl groups excluding tert-OH is 1. The summed E-state index contributed by atoms with van der Waals surface area (Å²) in [6, 6.07) is 9.82. The number of aliphatic hydroxyl groups is 1. The van der Waals surface area contributed by atoms with Crippen LogP contribution in [0.2, 0.25) is 0 Å². The number of nitrogens with one attached hydrogen (secondary N) is 1. The molecule has 1 amide bonds. The zero-order valence-electron chi connectivity index (χ0n) is 14.8. The fourth-order valence-electron chi connectivity index (χ4n) is 3.21. The van der Waals surface area contributed by atoms with E-state index in [1.54, 1.807) is 12.4 Å². The second kappa shape index (κ2) is 7.66. The summed E-state index contributed by atoms with van der Waals surface area (Å²) in [6.07, 6.45) is 6.52. The van der Waals surface area contributed by atoms with Gasteiger partial charge in [0.05, 0.1) is 17.7 Å². The summed E-state index contributed by atoms with van der Waals surface area (Å²) in [4.78, 5) is 18.8. The van der Waals surface area contributed by atoms with Gasteiger partial charge in [0.15, 0.2) is 0 Å². The number of carbonyl (C=O) groups excluding carboxylic acids is 1. The van der Waals surface area contributed by atoms with Crippen LogP contribution in [0.1, 0.15) is 36.0 Å². The van der Waals surface area contributed by atoms with Crippen molar-refractivity contribution in [3.05, 3.63) is 48.3 Å².